The molecule has 0 fully saturated rings. The van der Waals surface area contributed by atoms with Crippen LogP contribution in [0.5, 0.6) is 0 Å². The van der Waals surface area contributed by atoms with Crippen LogP contribution < -0.4 is 15.5 Å². The average molecular weight is 307 g/mol. The van der Waals surface area contributed by atoms with Gasteiger partial charge in [0.15, 0.2) is 5.11 Å². The molecule has 0 radical (unpaired) electrons. The number of halogens is 2. The second-order valence-electron chi connectivity index (χ2n) is 4.32. The Morgan fingerprint density at radius 3 is 2.67 bits per heavy atom. The second kappa shape index (κ2) is 7.79. The lowest BCUT2D eigenvalue weighted by molar-refractivity contribution is -0.858. The summed E-state index contributed by atoms with van der Waals surface area (Å²) in [6.45, 7) is 1.96. The van der Waals surface area contributed by atoms with Crippen LogP contribution in [0.2, 0.25) is 10.0 Å². The maximum atomic E-state index is 6.04. The molecule has 6 heteroatoms. The zero-order chi connectivity index (χ0) is 13.5. The minimum absolute atomic E-state index is 0.560. The molecule has 0 saturated carbocycles. The molecule has 0 aromatic heterocycles. The van der Waals surface area contributed by atoms with Crippen LogP contribution >= 0.6 is 35.4 Å². The average Bonchev–Trinajstić information content (AvgIpc) is 2.28. The Balaban J connectivity index is 2.35. The summed E-state index contributed by atoms with van der Waals surface area (Å²) in [6, 6.07) is 5.26. The van der Waals surface area contributed by atoms with Crippen LogP contribution in [0.4, 0.5) is 5.69 Å². The molecule has 0 aliphatic rings. The Labute approximate surface area is 123 Å². The van der Waals surface area contributed by atoms with E-state index in [1.165, 1.54) is 4.90 Å². The number of benzene rings is 1. The van der Waals surface area contributed by atoms with Gasteiger partial charge in [-0.3, -0.25) is 0 Å². The molecule has 1 rings (SSSR count). The molecular weight excluding hydrogens is 289 g/mol. The standard InChI is InChI=1S/C12H17Cl2N3S/c1-17(2)7-3-6-15-12(18)16-11-5-4-9(13)8-10(11)14/h4-5,8H,3,6-7H2,1-2H3,(H2,15,16,18)/p+1. The first-order valence-corrected chi connectivity index (χ1v) is 6.94. The van der Waals surface area contributed by atoms with Crippen molar-refractivity contribution in [3.63, 3.8) is 0 Å². The van der Waals surface area contributed by atoms with Gasteiger partial charge in [0, 0.05) is 18.0 Å². The van der Waals surface area contributed by atoms with E-state index in [0.717, 1.165) is 25.2 Å². The Bertz CT molecular complexity index is 410. The highest BCUT2D eigenvalue weighted by molar-refractivity contribution is 7.80. The van der Waals surface area contributed by atoms with Gasteiger partial charge in [-0.05, 0) is 30.4 Å². The number of hydrogen-bond donors (Lipinski definition) is 3. The Hall–Kier alpha value is -0.550. The summed E-state index contributed by atoms with van der Waals surface area (Å²) in [6.07, 6.45) is 1.07. The van der Waals surface area contributed by atoms with Crippen LogP contribution in [0, 0.1) is 0 Å². The molecule has 0 unspecified atom stereocenters. The lowest BCUT2D eigenvalue weighted by Gasteiger charge is -2.12. The van der Waals surface area contributed by atoms with Gasteiger partial charge in [-0.2, -0.15) is 0 Å². The normalized spacial score (nSPS) is 10.5. The van der Waals surface area contributed by atoms with Crippen molar-refractivity contribution < 1.29 is 4.90 Å². The molecule has 1 aromatic rings. The lowest BCUT2D eigenvalue weighted by Crippen LogP contribution is -3.05. The van der Waals surface area contributed by atoms with Crippen LogP contribution in [0.3, 0.4) is 0 Å². The largest absolute Gasteiger partial charge is 0.362 e. The molecule has 18 heavy (non-hydrogen) atoms. The van der Waals surface area contributed by atoms with E-state index in [9.17, 15) is 0 Å². The Morgan fingerprint density at radius 2 is 2.06 bits per heavy atom. The molecule has 0 bridgehead atoms. The third-order valence-electron chi connectivity index (χ3n) is 2.32. The fourth-order valence-electron chi connectivity index (χ4n) is 1.40. The predicted molar refractivity (Wildman–Crippen MR) is 83.0 cm³/mol. The molecule has 0 spiro atoms. The molecule has 0 amide bonds. The molecular formula is C12H18Cl2N3S+. The summed E-state index contributed by atoms with van der Waals surface area (Å²) < 4.78 is 0. The van der Waals surface area contributed by atoms with E-state index in [2.05, 4.69) is 24.7 Å². The van der Waals surface area contributed by atoms with Crippen molar-refractivity contribution in [1.82, 2.24) is 5.32 Å². The number of rotatable bonds is 5. The van der Waals surface area contributed by atoms with Crippen LogP contribution in [0.1, 0.15) is 6.42 Å². The number of quaternary nitrogens is 1. The molecule has 0 aliphatic carbocycles. The van der Waals surface area contributed by atoms with Crippen molar-refractivity contribution in [2.45, 2.75) is 6.42 Å². The van der Waals surface area contributed by atoms with Crippen LogP contribution in [0.15, 0.2) is 18.2 Å². The summed E-state index contributed by atoms with van der Waals surface area (Å²) in [5, 5.41) is 7.94. The molecule has 0 saturated heterocycles. The molecule has 0 aliphatic heterocycles. The van der Waals surface area contributed by atoms with Crippen LogP contribution in [-0.4, -0.2) is 32.3 Å². The van der Waals surface area contributed by atoms with E-state index in [0.29, 0.717) is 15.2 Å². The highest BCUT2D eigenvalue weighted by Gasteiger charge is 2.03. The van der Waals surface area contributed by atoms with Crippen molar-refractivity contribution in [2.75, 3.05) is 32.5 Å². The molecule has 100 valence electrons. The number of hydrogen-bond acceptors (Lipinski definition) is 1. The maximum absolute atomic E-state index is 6.04. The van der Waals surface area contributed by atoms with Crippen LogP contribution in [0.25, 0.3) is 0 Å². The van der Waals surface area contributed by atoms with Gasteiger partial charge < -0.3 is 15.5 Å². The van der Waals surface area contributed by atoms with Crippen molar-refractivity contribution in [3.05, 3.63) is 28.2 Å². The van der Waals surface area contributed by atoms with Crippen molar-refractivity contribution in [1.29, 1.82) is 0 Å². The molecule has 3 N–H and O–H groups in total. The van der Waals surface area contributed by atoms with E-state index in [1.54, 1.807) is 12.1 Å². The number of anilines is 1. The van der Waals surface area contributed by atoms with E-state index >= 15 is 0 Å². The van der Waals surface area contributed by atoms with E-state index < -0.39 is 0 Å². The molecule has 0 heterocycles. The summed E-state index contributed by atoms with van der Waals surface area (Å²) >= 11 is 17.0. The molecule has 3 nitrogen and oxygen atoms in total. The second-order valence-corrected chi connectivity index (χ2v) is 5.57. The summed E-state index contributed by atoms with van der Waals surface area (Å²) in [4.78, 5) is 1.43. The third kappa shape index (κ3) is 5.87. The fraction of sp³-hybridized carbons (Fsp3) is 0.417. The first-order valence-electron chi connectivity index (χ1n) is 5.78. The van der Waals surface area contributed by atoms with E-state index in [1.807, 2.05) is 6.07 Å². The van der Waals surface area contributed by atoms with Gasteiger partial charge in [0.05, 0.1) is 31.4 Å². The van der Waals surface area contributed by atoms with Gasteiger partial charge in [0.2, 0.25) is 0 Å². The molecule has 1 aromatic carbocycles. The summed E-state index contributed by atoms with van der Waals surface area (Å²) in [5.74, 6) is 0. The van der Waals surface area contributed by atoms with Gasteiger partial charge >= 0.3 is 0 Å². The first kappa shape index (κ1) is 15.5. The van der Waals surface area contributed by atoms with Crippen LogP contribution in [-0.2, 0) is 0 Å². The topological polar surface area (TPSA) is 28.5 Å². The monoisotopic (exact) mass is 306 g/mol. The van der Waals surface area contributed by atoms with E-state index in [4.69, 9.17) is 35.4 Å². The predicted octanol–water partition coefficient (Wildman–Crippen LogP) is 1.81. The highest BCUT2D eigenvalue weighted by atomic mass is 35.5. The Morgan fingerprint density at radius 1 is 1.33 bits per heavy atom. The SMILES string of the molecule is C[NH+](C)CCCNC(=S)Nc1ccc(Cl)cc1Cl. The van der Waals surface area contributed by atoms with Gasteiger partial charge in [-0.25, -0.2) is 0 Å². The van der Waals surface area contributed by atoms with Gasteiger partial charge in [-0.1, -0.05) is 23.2 Å². The summed E-state index contributed by atoms with van der Waals surface area (Å²) in [7, 11) is 4.26. The van der Waals surface area contributed by atoms with Gasteiger partial charge in [0.25, 0.3) is 0 Å². The fourth-order valence-corrected chi connectivity index (χ4v) is 2.07. The quantitative estimate of drug-likeness (QED) is 0.572. The van der Waals surface area contributed by atoms with Crippen molar-refractivity contribution >= 4 is 46.2 Å². The molecule has 0 atom stereocenters. The van der Waals surface area contributed by atoms with Gasteiger partial charge in [-0.15, -0.1) is 0 Å². The van der Waals surface area contributed by atoms with Crippen molar-refractivity contribution in [3.8, 4) is 0 Å². The zero-order valence-electron chi connectivity index (χ0n) is 10.5. The highest BCUT2D eigenvalue weighted by Crippen LogP contribution is 2.25. The summed E-state index contributed by atoms with van der Waals surface area (Å²) in [5.41, 5.74) is 0.761. The number of thiocarbonyl (C=S) groups is 1. The minimum atomic E-state index is 0.560. The zero-order valence-corrected chi connectivity index (χ0v) is 12.8. The van der Waals surface area contributed by atoms with Gasteiger partial charge in [0.1, 0.15) is 0 Å². The smallest absolute Gasteiger partial charge is 0.170 e. The van der Waals surface area contributed by atoms with Crippen molar-refractivity contribution in [2.24, 2.45) is 0 Å². The minimum Gasteiger partial charge on any atom is -0.362 e. The van der Waals surface area contributed by atoms with E-state index in [-0.39, 0.29) is 0 Å². The lowest BCUT2D eigenvalue weighted by atomic mass is 10.3. The number of nitrogens with one attached hydrogen (secondary N) is 3. The Kier molecular flexibility index (Phi) is 6.71. The first-order chi connectivity index (χ1) is 8.49. The maximum Gasteiger partial charge on any atom is 0.170 e. The third-order valence-corrected chi connectivity index (χ3v) is 3.11.